The van der Waals surface area contributed by atoms with Crippen LogP contribution in [0, 0.1) is 18.3 Å². The van der Waals surface area contributed by atoms with Gasteiger partial charge in [-0.2, -0.15) is 5.26 Å². The molecule has 9 heteroatoms. The molecule has 3 rings (SSSR count). The fourth-order valence-electron chi connectivity index (χ4n) is 3.87. The van der Waals surface area contributed by atoms with Gasteiger partial charge >= 0.3 is 0 Å². The highest BCUT2D eigenvalue weighted by atomic mass is 32.2. The van der Waals surface area contributed by atoms with Gasteiger partial charge < -0.3 is 9.80 Å². The number of carbonyl (C=O) groups is 1. The molecule has 0 atom stereocenters. The smallest absolute Gasteiger partial charge is 0.270 e. The first-order valence-electron chi connectivity index (χ1n) is 10.2. The maximum absolute atomic E-state index is 13.1. The average Bonchev–Trinajstić information content (AvgIpc) is 2.99. The van der Waals surface area contributed by atoms with Crippen LogP contribution in [0.4, 0.5) is 5.82 Å². The molecule has 0 saturated carbocycles. The van der Waals surface area contributed by atoms with Gasteiger partial charge in [-0.05, 0) is 31.5 Å². The Labute approximate surface area is 186 Å². The Morgan fingerprint density at radius 1 is 1.20 bits per heavy atom. The molecule has 0 radical (unpaired) electrons. The van der Waals surface area contributed by atoms with E-state index < -0.39 is 0 Å². The van der Waals surface area contributed by atoms with E-state index in [0.717, 1.165) is 50.5 Å². The van der Waals surface area contributed by atoms with E-state index in [9.17, 15) is 14.9 Å². The van der Waals surface area contributed by atoms with Crippen molar-refractivity contribution in [1.82, 2.24) is 14.4 Å². The lowest BCUT2D eigenvalue weighted by atomic mass is 10.0. The highest BCUT2D eigenvalue weighted by molar-refractivity contribution is 8.26. The van der Waals surface area contributed by atoms with Crippen molar-refractivity contribution in [2.45, 2.75) is 33.7 Å². The summed E-state index contributed by atoms with van der Waals surface area (Å²) in [5.74, 6) is 0.647. The molecular formula is C21H27N5O2S2. The van der Waals surface area contributed by atoms with E-state index in [1.54, 1.807) is 18.5 Å². The number of amides is 1. The second kappa shape index (κ2) is 9.33. The molecule has 2 saturated heterocycles. The van der Waals surface area contributed by atoms with Crippen LogP contribution < -0.4 is 10.5 Å². The summed E-state index contributed by atoms with van der Waals surface area (Å²) in [5.41, 5.74) is 1.25. The molecule has 0 aliphatic carbocycles. The maximum atomic E-state index is 13.1. The molecule has 2 aliphatic heterocycles. The number of anilines is 1. The normalized spacial score (nSPS) is 19.1. The highest BCUT2D eigenvalue weighted by Gasteiger charge is 2.31. The minimum Gasteiger partial charge on any atom is -0.355 e. The molecule has 0 N–H and O–H groups in total. The first kappa shape index (κ1) is 22.5. The summed E-state index contributed by atoms with van der Waals surface area (Å²) in [6, 6.07) is 2.09. The number of thiocarbonyl (C=S) groups is 1. The zero-order valence-electron chi connectivity index (χ0n) is 17.9. The fraction of sp³-hybridized carbons (Fsp3) is 0.524. The summed E-state index contributed by atoms with van der Waals surface area (Å²) in [6.07, 6.45) is 2.58. The van der Waals surface area contributed by atoms with Crippen molar-refractivity contribution in [3.63, 3.8) is 0 Å². The summed E-state index contributed by atoms with van der Waals surface area (Å²) in [5, 5.41) is 9.68. The summed E-state index contributed by atoms with van der Waals surface area (Å²) in [6.45, 7) is 10.9. The van der Waals surface area contributed by atoms with Crippen molar-refractivity contribution in [2.75, 3.05) is 44.7 Å². The molecule has 30 heavy (non-hydrogen) atoms. The van der Waals surface area contributed by atoms with Gasteiger partial charge in [0, 0.05) is 45.3 Å². The molecule has 0 unspecified atom stereocenters. The average molecular weight is 446 g/mol. The first-order chi connectivity index (χ1) is 14.3. The van der Waals surface area contributed by atoms with Crippen LogP contribution in [0.2, 0.25) is 0 Å². The van der Waals surface area contributed by atoms with Gasteiger partial charge in [0.2, 0.25) is 0 Å². The fourth-order valence-corrected chi connectivity index (χ4v) is 5.03. The predicted octanol–water partition coefficient (Wildman–Crippen LogP) is 2.41. The third kappa shape index (κ3) is 4.04. The number of carbonyl (C=O) groups excluding carboxylic acids is 1. The Kier molecular flexibility index (Phi) is 7.01. The topological polar surface area (TPSA) is 72.6 Å². The van der Waals surface area contributed by atoms with E-state index in [2.05, 4.69) is 22.8 Å². The van der Waals surface area contributed by atoms with Gasteiger partial charge in [-0.3, -0.25) is 19.1 Å². The maximum Gasteiger partial charge on any atom is 0.270 e. The van der Waals surface area contributed by atoms with Gasteiger partial charge in [0.05, 0.1) is 4.91 Å². The van der Waals surface area contributed by atoms with Crippen LogP contribution in [-0.4, -0.2) is 64.4 Å². The van der Waals surface area contributed by atoms with E-state index in [-0.39, 0.29) is 17.0 Å². The monoisotopic (exact) mass is 445 g/mol. The predicted molar refractivity (Wildman–Crippen MR) is 126 cm³/mol. The highest BCUT2D eigenvalue weighted by Crippen LogP contribution is 2.35. The third-order valence-corrected chi connectivity index (χ3v) is 7.16. The SMILES string of the molecule is CCCn1c(N2CCN(CC)CC2)c(/C=C2\SC(=S)N(C)C2=O)c(C)c(C#N)c1=O. The molecule has 2 aliphatic rings. The summed E-state index contributed by atoms with van der Waals surface area (Å²) in [7, 11) is 1.66. The number of pyridine rings is 1. The van der Waals surface area contributed by atoms with Gasteiger partial charge in [-0.25, -0.2) is 0 Å². The number of likely N-dealkylation sites (N-methyl/N-ethyl adjacent to an activating group) is 2. The molecule has 0 aromatic carbocycles. The molecule has 0 bridgehead atoms. The molecule has 1 amide bonds. The Morgan fingerprint density at radius 3 is 2.37 bits per heavy atom. The van der Waals surface area contributed by atoms with E-state index in [1.165, 1.54) is 16.7 Å². The third-order valence-electron chi connectivity index (χ3n) is 5.67. The van der Waals surface area contributed by atoms with Gasteiger partial charge in [0.15, 0.2) is 0 Å². The number of thioether (sulfide) groups is 1. The lowest BCUT2D eigenvalue weighted by molar-refractivity contribution is -0.121. The van der Waals surface area contributed by atoms with E-state index in [4.69, 9.17) is 12.2 Å². The molecule has 160 valence electrons. The number of hydrogen-bond acceptors (Lipinski definition) is 7. The molecule has 7 nitrogen and oxygen atoms in total. The van der Waals surface area contributed by atoms with Crippen LogP contribution in [0.25, 0.3) is 6.08 Å². The quantitative estimate of drug-likeness (QED) is 0.509. The number of piperazine rings is 1. The number of aromatic nitrogens is 1. The summed E-state index contributed by atoms with van der Waals surface area (Å²) < 4.78 is 2.22. The van der Waals surface area contributed by atoms with Crippen molar-refractivity contribution >= 4 is 46.1 Å². The number of hydrogen-bond donors (Lipinski definition) is 0. The Hall–Kier alpha value is -2.15. The summed E-state index contributed by atoms with van der Waals surface area (Å²) >= 11 is 6.52. The lowest BCUT2D eigenvalue weighted by Gasteiger charge is -2.37. The summed E-state index contributed by atoms with van der Waals surface area (Å²) in [4.78, 5) is 32.3. The minimum atomic E-state index is -0.259. The number of nitrogens with zero attached hydrogens (tertiary/aromatic N) is 5. The van der Waals surface area contributed by atoms with Crippen molar-refractivity contribution in [1.29, 1.82) is 5.26 Å². The molecule has 1 aromatic rings. The van der Waals surface area contributed by atoms with Crippen LogP contribution in [0.1, 0.15) is 37.0 Å². The second-order valence-electron chi connectivity index (χ2n) is 7.47. The van der Waals surface area contributed by atoms with Gasteiger partial charge in [0.1, 0.15) is 21.8 Å². The molecule has 3 heterocycles. The van der Waals surface area contributed by atoms with Gasteiger partial charge in [0.25, 0.3) is 11.5 Å². The van der Waals surface area contributed by atoms with Crippen LogP contribution >= 0.6 is 24.0 Å². The minimum absolute atomic E-state index is 0.137. The van der Waals surface area contributed by atoms with E-state index in [1.807, 2.05) is 13.0 Å². The molecule has 2 fully saturated rings. The molecular weight excluding hydrogens is 418 g/mol. The van der Waals surface area contributed by atoms with Crippen LogP contribution in [0.5, 0.6) is 0 Å². The first-order valence-corrected chi connectivity index (χ1v) is 11.4. The number of rotatable bonds is 5. The van der Waals surface area contributed by atoms with E-state index >= 15 is 0 Å². The number of nitriles is 1. The molecule has 0 spiro atoms. The van der Waals surface area contributed by atoms with Crippen LogP contribution in [0.15, 0.2) is 9.70 Å². The van der Waals surface area contributed by atoms with Gasteiger partial charge in [-0.15, -0.1) is 0 Å². The largest absolute Gasteiger partial charge is 0.355 e. The zero-order chi connectivity index (χ0) is 22.0. The van der Waals surface area contributed by atoms with Crippen LogP contribution in [-0.2, 0) is 11.3 Å². The lowest BCUT2D eigenvalue weighted by Crippen LogP contribution is -2.48. The Balaban J connectivity index is 2.22. The zero-order valence-corrected chi connectivity index (χ0v) is 19.5. The van der Waals surface area contributed by atoms with Gasteiger partial charge in [-0.1, -0.05) is 37.8 Å². The van der Waals surface area contributed by atoms with Crippen molar-refractivity contribution in [3.05, 3.63) is 31.9 Å². The Bertz CT molecular complexity index is 1000. The van der Waals surface area contributed by atoms with Crippen molar-refractivity contribution < 1.29 is 4.79 Å². The molecule has 1 aromatic heterocycles. The second-order valence-corrected chi connectivity index (χ2v) is 9.14. The van der Waals surface area contributed by atoms with E-state index in [0.29, 0.717) is 21.3 Å². The van der Waals surface area contributed by atoms with Crippen LogP contribution in [0.3, 0.4) is 0 Å². The Morgan fingerprint density at radius 2 is 1.87 bits per heavy atom. The van der Waals surface area contributed by atoms with Crippen molar-refractivity contribution in [3.8, 4) is 6.07 Å². The van der Waals surface area contributed by atoms with Crippen molar-refractivity contribution in [2.24, 2.45) is 0 Å². The standard InChI is InChI=1S/C21H27N5O2S2/c1-5-7-26-18(25-10-8-24(6-2)9-11-25)15(14(3)16(13-22)19(26)27)12-17-20(28)23(4)21(29)30-17/h12H,5-11H2,1-4H3/b17-12-.